The van der Waals surface area contributed by atoms with E-state index in [1.54, 1.807) is 7.11 Å². The number of nitrogens with zero attached hydrogens (tertiary/aromatic N) is 2. The number of aliphatic imine (C=N–C) groups is 1. The molecule has 1 heterocycles. The second-order valence-corrected chi connectivity index (χ2v) is 7.48. The first-order valence-electron chi connectivity index (χ1n) is 10.7. The number of rotatable bonds is 11. The Hall–Kier alpha value is -1.06. The van der Waals surface area contributed by atoms with Gasteiger partial charge in [0.15, 0.2) is 5.96 Å². The van der Waals surface area contributed by atoms with Gasteiger partial charge in [-0.25, -0.2) is 4.99 Å². The number of ether oxygens (including phenoxy) is 2. The van der Waals surface area contributed by atoms with Crippen molar-refractivity contribution in [3.05, 3.63) is 29.8 Å². The maximum absolute atomic E-state index is 5.60. The topological polar surface area (TPSA) is 58.1 Å². The van der Waals surface area contributed by atoms with Gasteiger partial charge in [-0.05, 0) is 69.4 Å². The smallest absolute Gasteiger partial charge is 0.191 e. The Morgan fingerprint density at radius 2 is 1.86 bits per heavy atom. The van der Waals surface area contributed by atoms with Crippen LogP contribution in [0, 0.1) is 5.92 Å². The van der Waals surface area contributed by atoms with Crippen molar-refractivity contribution >= 4 is 29.9 Å². The molecule has 1 aromatic carbocycles. The number of likely N-dealkylation sites (tertiary alicyclic amines) is 1. The van der Waals surface area contributed by atoms with Crippen LogP contribution in [0.15, 0.2) is 29.3 Å². The number of piperidine rings is 1. The van der Waals surface area contributed by atoms with E-state index in [-0.39, 0.29) is 24.0 Å². The highest BCUT2D eigenvalue weighted by Gasteiger charge is 2.14. The summed E-state index contributed by atoms with van der Waals surface area (Å²) < 4.78 is 10.6. The fourth-order valence-corrected chi connectivity index (χ4v) is 3.24. The first-order chi connectivity index (χ1) is 13.7. The molecule has 0 aromatic heterocycles. The molecule has 0 unspecified atom stereocenters. The van der Waals surface area contributed by atoms with E-state index in [1.165, 1.54) is 38.0 Å². The normalized spacial score (nSPS) is 15.6. The molecule has 0 bridgehead atoms. The summed E-state index contributed by atoms with van der Waals surface area (Å²) in [5, 5.41) is 6.79. The van der Waals surface area contributed by atoms with Crippen LogP contribution in [0.4, 0.5) is 0 Å². The maximum atomic E-state index is 5.60. The molecule has 29 heavy (non-hydrogen) atoms. The van der Waals surface area contributed by atoms with Gasteiger partial charge in [-0.1, -0.05) is 19.1 Å². The second kappa shape index (κ2) is 15.7. The zero-order valence-corrected chi connectivity index (χ0v) is 20.6. The first-order valence-corrected chi connectivity index (χ1v) is 10.7. The van der Waals surface area contributed by atoms with Crippen LogP contribution in [0.25, 0.3) is 0 Å². The van der Waals surface area contributed by atoms with E-state index in [9.17, 15) is 0 Å². The molecule has 0 aliphatic carbocycles. The van der Waals surface area contributed by atoms with Crippen molar-refractivity contribution in [2.75, 3.05) is 53.0 Å². The van der Waals surface area contributed by atoms with Crippen LogP contribution in [0.2, 0.25) is 0 Å². The number of guanidine groups is 1. The summed E-state index contributed by atoms with van der Waals surface area (Å²) in [4.78, 5) is 7.29. The highest BCUT2D eigenvalue weighted by atomic mass is 127. The minimum absolute atomic E-state index is 0. The summed E-state index contributed by atoms with van der Waals surface area (Å²) in [5.74, 6) is 2.64. The zero-order valence-electron chi connectivity index (χ0n) is 18.3. The molecule has 0 spiro atoms. The number of benzene rings is 1. The van der Waals surface area contributed by atoms with Gasteiger partial charge in [0.25, 0.3) is 0 Å². The maximum Gasteiger partial charge on any atom is 0.191 e. The summed E-state index contributed by atoms with van der Waals surface area (Å²) in [6.07, 6.45) is 3.83. The molecule has 1 aliphatic heterocycles. The minimum atomic E-state index is 0. The first kappa shape index (κ1) is 26.0. The van der Waals surface area contributed by atoms with E-state index in [0.717, 1.165) is 37.1 Å². The van der Waals surface area contributed by atoms with Crippen molar-refractivity contribution in [2.24, 2.45) is 10.9 Å². The van der Waals surface area contributed by atoms with Gasteiger partial charge in [0, 0.05) is 20.2 Å². The number of hydrogen-bond acceptors (Lipinski definition) is 4. The minimum Gasteiger partial charge on any atom is -0.491 e. The van der Waals surface area contributed by atoms with Gasteiger partial charge < -0.3 is 25.0 Å². The van der Waals surface area contributed by atoms with Crippen molar-refractivity contribution in [1.82, 2.24) is 15.5 Å². The fraction of sp³-hybridized carbons (Fsp3) is 0.682. The Kier molecular flexibility index (Phi) is 14.1. The highest BCUT2D eigenvalue weighted by molar-refractivity contribution is 14.0. The lowest BCUT2D eigenvalue weighted by atomic mass is 9.99. The third kappa shape index (κ3) is 11.1. The Labute approximate surface area is 193 Å². The highest BCUT2D eigenvalue weighted by Crippen LogP contribution is 2.15. The molecular formula is C22H39IN4O2. The van der Waals surface area contributed by atoms with Gasteiger partial charge in [0.05, 0.1) is 13.2 Å². The van der Waals surface area contributed by atoms with E-state index in [0.29, 0.717) is 19.8 Å². The molecule has 1 fully saturated rings. The molecule has 0 radical (unpaired) electrons. The predicted molar refractivity (Wildman–Crippen MR) is 132 cm³/mol. The molecule has 1 aliphatic rings. The van der Waals surface area contributed by atoms with Crippen LogP contribution in [0.1, 0.15) is 38.7 Å². The lowest BCUT2D eigenvalue weighted by Crippen LogP contribution is -2.39. The quantitative estimate of drug-likeness (QED) is 0.203. The van der Waals surface area contributed by atoms with E-state index in [1.807, 2.05) is 12.1 Å². The van der Waals surface area contributed by atoms with Crippen LogP contribution in [-0.4, -0.2) is 63.9 Å². The van der Waals surface area contributed by atoms with Gasteiger partial charge in [0.2, 0.25) is 0 Å². The lowest BCUT2D eigenvalue weighted by Gasteiger charge is -2.30. The number of hydrogen-bond donors (Lipinski definition) is 2. The molecule has 0 saturated carbocycles. The lowest BCUT2D eigenvalue weighted by molar-refractivity contribution is 0.146. The molecule has 0 atom stereocenters. The van der Waals surface area contributed by atoms with Crippen LogP contribution < -0.4 is 15.4 Å². The largest absolute Gasteiger partial charge is 0.491 e. The average molecular weight is 518 g/mol. The van der Waals surface area contributed by atoms with Crippen molar-refractivity contribution in [1.29, 1.82) is 0 Å². The van der Waals surface area contributed by atoms with Gasteiger partial charge in [-0.15, -0.1) is 24.0 Å². The van der Waals surface area contributed by atoms with Crippen LogP contribution in [-0.2, 0) is 11.3 Å². The predicted octanol–water partition coefficient (Wildman–Crippen LogP) is 3.51. The van der Waals surface area contributed by atoms with Crippen molar-refractivity contribution < 1.29 is 9.47 Å². The second-order valence-electron chi connectivity index (χ2n) is 7.48. The fourth-order valence-electron chi connectivity index (χ4n) is 3.24. The summed E-state index contributed by atoms with van der Waals surface area (Å²) in [7, 11) is 1.68. The molecule has 6 nitrogen and oxygen atoms in total. The standard InChI is InChI=1S/C22H38N4O2.HI/c1-4-23-22(24-12-5-13-26-14-10-19(2)11-15-26)25-18-20-6-8-21(9-7-20)28-17-16-27-3;/h6-9,19H,4-5,10-18H2,1-3H3,(H2,23,24,25);1H. The molecule has 0 amide bonds. The molecule has 2 N–H and O–H groups in total. The SMILES string of the molecule is CCNC(=NCc1ccc(OCCOC)cc1)NCCCN1CCC(C)CC1.I. The number of methoxy groups -OCH3 is 1. The van der Waals surface area contributed by atoms with E-state index >= 15 is 0 Å². The van der Waals surface area contributed by atoms with Gasteiger partial charge in [-0.2, -0.15) is 0 Å². The van der Waals surface area contributed by atoms with E-state index in [2.05, 4.69) is 41.5 Å². The van der Waals surface area contributed by atoms with Gasteiger partial charge in [-0.3, -0.25) is 0 Å². The summed E-state index contributed by atoms with van der Waals surface area (Å²) in [6.45, 7) is 11.8. The van der Waals surface area contributed by atoms with E-state index < -0.39 is 0 Å². The summed E-state index contributed by atoms with van der Waals surface area (Å²) in [6, 6.07) is 8.10. The van der Waals surface area contributed by atoms with Crippen LogP contribution in [0.3, 0.4) is 0 Å². The van der Waals surface area contributed by atoms with Crippen molar-refractivity contribution in [3.8, 4) is 5.75 Å². The van der Waals surface area contributed by atoms with Crippen LogP contribution in [0.5, 0.6) is 5.75 Å². The Bertz CT molecular complexity index is 560. The van der Waals surface area contributed by atoms with Gasteiger partial charge >= 0.3 is 0 Å². The van der Waals surface area contributed by atoms with Crippen molar-refractivity contribution in [3.63, 3.8) is 0 Å². The molecule has 166 valence electrons. The van der Waals surface area contributed by atoms with Gasteiger partial charge in [0.1, 0.15) is 12.4 Å². The van der Waals surface area contributed by atoms with Crippen LogP contribution >= 0.6 is 24.0 Å². The van der Waals surface area contributed by atoms with E-state index in [4.69, 9.17) is 14.5 Å². The Morgan fingerprint density at radius 3 is 2.52 bits per heavy atom. The number of halogens is 1. The van der Waals surface area contributed by atoms with Crippen molar-refractivity contribution in [2.45, 2.75) is 39.7 Å². The molecule has 7 heteroatoms. The summed E-state index contributed by atoms with van der Waals surface area (Å²) >= 11 is 0. The zero-order chi connectivity index (χ0) is 20.0. The molecular weight excluding hydrogens is 479 g/mol. The average Bonchev–Trinajstić information content (AvgIpc) is 2.72. The number of nitrogens with one attached hydrogen (secondary N) is 2. The summed E-state index contributed by atoms with van der Waals surface area (Å²) in [5.41, 5.74) is 1.17. The Morgan fingerprint density at radius 1 is 1.14 bits per heavy atom. The Balaban J connectivity index is 0.00000420. The third-order valence-electron chi connectivity index (χ3n) is 5.06. The monoisotopic (exact) mass is 518 g/mol. The molecule has 1 saturated heterocycles. The molecule has 1 aromatic rings. The third-order valence-corrected chi connectivity index (χ3v) is 5.06. The molecule has 2 rings (SSSR count).